The van der Waals surface area contributed by atoms with E-state index in [2.05, 4.69) is 4.99 Å². The Kier molecular flexibility index (Phi) is 3.01. The summed E-state index contributed by atoms with van der Waals surface area (Å²) in [5.41, 5.74) is -0.145. The Labute approximate surface area is 81.1 Å². The molecule has 1 N–H and O–H groups in total. The van der Waals surface area contributed by atoms with Gasteiger partial charge in [0.25, 0.3) is 0 Å². The fourth-order valence-corrected chi connectivity index (χ4v) is 1.01. The van der Waals surface area contributed by atoms with Crippen molar-refractivity contribution in [1.29, 1.82) is 0 Å². The molecule has 0 aromatic rings. The molecule has 0 amide bonds. The van der Waals surface area contributed by atoms with Crippen molar-refractivity contribution < 1.29 is 19.4 Å². The Morgan fingerprint density at radius 3 is 2.79 bits per heavy atom. The van der Waals surface area contributed by atoms with Crippen molar-refractivity contribution in [3.05, 3.63) is 11.8 Å². The van der Waals surface area contributed by atoms with Crippen molar-refractivity contribution >= 4 is 17.8 Å². The number of carbonyl (C=O) groups excluding carboxylic acids is 1. The van der Waals surface area contributed by atoms with Crippen LogP contribution in [0.25, 0.3) is 0 Å². The number of carbonyl (C=O) groups is 2. The van der Waals surface area contributed by atoms with Crippen LogP contribution in [0.1, 0.15) is 20.3 Å². The van der Waals surface area contributed by atoms with E-state index in [9.17, 15) is 9.59 Å². The molecule has 0 unspecified atom stereocenters. The van der Waals surface area contributed by atoms with Crippen molar-refractivity contribution in [2.75, 3.05) is 0 Å². The van der Waals surface area contributed by atoms with Crippen molar-refractivity contribution in [2.24, 2.45) is 10.9 Å². The number of carboxylic acid groups (broad SMARTS) is 1. The maximum Gasteiger partial charge on any atom is 0.363 e. The molecule has 1 aliphatic heterocycles. The van der Waals surface area contributed by atoms with Gasteiger partial charge in [-0.05, 0) is 5.92 Å². The van der Waals surface area contributed by atoms with Gasteiger partial charge >= 0.3 is 11.9 Å². The van der Waals surface area contributed by atoms with Crippen LogP contribution >= 0.6 is 0 Å². The quantitative estimate of drug-likeness (QED) is 0.540. The lowest BCUT2D eigenvalue weighted by Crippen LogP contribution is -2.07. The summed E-state index contributed by atoms with van der Waals surface area (Å²) in [6.07, 6.45) is 1.28. The zero-order valence-corrected chi connectivity index (χ0v) is 7.98. The van der Waals surface area contributed by atoms with Crippen LogP contribution in [-0.2, 0) is 14.3 Å². The van der Waals surface area contributed by atoms with Gasteiger partial charge in [0, 0.05) is 6.42 Å². The SMILES string of the molecule is CC(C)CC1=N/C(=C/C(=O)O)C(=O)O1. The van der Waals surface area contributed by atoms with Crippen molar-refractivity contribution in [3.63, 3.8) is 0 Å². The van der Waals surface area contributed by atoms with Crippen molar-refractivity contribution in [2.45, 2.75) is 20.3 Å². The molecule has 14 heavy (non-hydrogen) atoms. The van der Waals surface area contributed by atoms with Crippen LogP contribution in [0.15, 0.2) is 16.8 Å². The van der Waals surface area contributed by atoms with Gasteiger partial charge in [-0.15, -0.1) is 0 Å². The average molecular weight is 197 g/mol. The minimum atomic E-state index is -1.20. The van der Waals surface area contributed by atoms with Gasteiger partial charge in [-0.25, -0.2) is 14.6 Å². The van der Waals surface area contributed by atoms with E-state index < -0.39 is 11.9 Å². The molecule has 5 nitrogen and oxygen atoms in total. The Morgan fingerprint density at radius 1 is 1.64 bits per heavy atom. The van der Waals surface area contributed by atoms with E-state index in [1.807, 2.05) is 13.8 Å². The fraction of sp³-hybridized carbons (Fsp3) is 0.444. The van der Waals surface area contributed by atoms with E-state index in [1.165, 1.54) is 0 Å². The van der Waals surface area contributed by atoms with Crippen molar-refractivity contribution in [3.8, 4) is 0 Å². The van der Waals surface area contributed by atoms with Crippen LogP contribution in [0.2, 0.25) is 0 Å². The van der Waals surface area contributed by atoms with E-state index in [0.29, 0.717) is 12.3 Å². The Hall–Kier alpha value is -1.65. The molecule has 0 aromatic carbocycles. The Balaban J connectivity index is 2.77. The van der Waals surface area contributed by atoms with E-state index in [-0.39, 0.29) is 11.6 Å². The van der Waals surface area contributed by atoms with Gasteiger partial charge in [0.15, 0.2) is 11.6 Å². The summed E-state index contributed by atoms with van der Waals surface area (Å²) in [4.78, 5) is 25.1. The smallest absolute Gasteiger partial charge is 0.363 e. The highest BCUT2D eigenvalue weighted by Gasteiger charge is 2.23. The first-order valence-corrected chi connectivity index (χ1v) is 4.23. The second-order valence-corrected chi connectivity index (χ2v) is 3.36. The highest BCUT2D eigenvalue weighted by atomic mass is 16.6. The van der Waals surface area contributed by atoms with Crippen LogP contribution in [0.5, 0.6) is 0 Å². The summed E-state index contributed by atoms with van der Waals surface area (Å²) < 4.78 is 4.77. The third-order valence-electron chi connectivity index (χ3n) is 1.51. The molecule has 1 rings (SSSR count). The fourth-order valence-electron chi connectivity index (χ4n) is 1.01. The number of aliphatic carboxylic acids is 1. The lowest BCUT2D eigenvalue weighted by molar-refractivity contribution is -0.133. The molecular weight excluding hydrogens is 186 g/mol. The second-order valence-electron chi connectivity index (χ2n) is 3.36. The maximum absolute atomic E-state index is 11.0. The standard InChI is InChI=1S/C9H11NO4/c1-5(2)3-7-10-6(4-8(11)12)9(13)14-7/h4-5H,3H2,1-2H3,(H,11,12)/b6-4+. The number of esters is 1. The highest BCUT2D eigenvalue weighted by Crippen LogP contribution is 2.15. The Bertz CT molecular complexity index is 328. The van der Waals surface area contributed by atoms with Crippen LogP contribution in [0.4, 0.5) is 0 Å². The first-order valence-electron chi connectivity index (χ1n) is 4.23. The number of carboxylic acids is 1. The Morgan fingerprint density at radius 2 is 2.29 bits per heavy atom. The molecule has 0 saturated heterocycles. The van der Waals surface area contributed by atoms with Crippen LogP contribution in [0.3, 0.4) is 0 Å². The summed E-state index contributed by atoms with van der Waals surface area (Å²) in [6.45, 7) is 3.91. The lowest BCUT2D eigenvalue weighted by atomic mass is 10.1. The van der Waals surface area contributed by atoms with E-state index in [1.54, 1.807) is 0 Å². The molecule has 0 aromatic heterocycles. The highest BCUT2D eigenvalue weighted by molar-refractivity contribution is 6.07. The van der Waals surface area contributed by atoms with Crippen LogP contribution in [-0.4, -0.2) is 22.9 Å². The third kappa shape index (κ3) is 2.69. The predicted molar refractivity (Wildman–Crippen MR) is 48.7 cm³/mol. The van der Waals surface area contributed by atoms with Crippen LogP contribution < -0.4 is 0 Å². The van der Waals surface area contributed by atoms with Gasteiger partial charge in [-0.3, -0.25) is 0 Å². The topological polar surface area (TPSA) is 76.0 Å². The number of nitrogens with zero attached hydrogens (tertiary/aromatic N) is 1. The van der Waals surface area contributed by atoms with Crippen molar-refractivity contribution in [1.82, 2.24) is 0 Å². The molecule has 1 heterocycles. The monoisotopic (exact) mass is 197 g/mol. The summed E-state index contributed by atoms with van der Waals surface area (Å²) in [6, 6.07) is 0. The van der Waals surface area contributed by atoms with Gasteiger partial charge in [-0.1, -0.05) is 13.8 Å². The average Bonchev–Trinajstić information content (AvgIpc) is 2.28. The van der Waals surface area contributed by atoms with Gasteiger partial charge in [0.2, 0.25) is 0 Å². The molecule has 0 bridgehead atoms. The summed E-state index contributed by atoms with van der Waals surface area (Å²) in [5, 5.41) is 8.41. The first-order chi connectivity index (χ1) is 6.49. The summed E-state index contributed by atoms with van der Waals surface area (Å²) >= 11 is 0. The second kappa shape index (κ2) is 4.04. The number of hydrogen-bond acceptors (Lipinski definition) is 4. The maximum atomic E-state index is 11.0. The number of cyclic esters (lactones) is 1. The molecule has 0 aliphatic carbocycles. The molecule has 0 radical (unpaired) electrons. The molecule has 0 fully saturated rings. The van der Waals surface area contributed by atoms with E-state index in [0.717, 1.165) is 6.08 Å². The number of rotatable bonds is 3. The number of aliphatic imine (C=N–C) groups is 1. The third-order valence-corrected chi connectivity index (χ3v) is 1.51. The number of hydrogen-bond donors (Lipinski definition) is 1. The normalized spacial score (nSPS) is 18.6. The van der Waals surface area contributed by atoms with Gasteiger partial charge in [-0.2, -0.15) is 0 Å². The minimum absolute atomic E-state index is 0.145. The van der Waals surface area contributed by atoms with E-state index >= 15 is 0 Å². The molecule has 0 saturated carbocycles. The molecule has 0 spiro atoms. The zero-order valence-electron chi connectivity index (χ0n) is 7.98. The molecule has 5 heteroatoms. The molecule has 0 atom stereocenters. The largest absolute Gasteiger partial charge is 0.478 e. The summed E-state index contributed by atoms with van der Waals surface area (Å²) in [7, 11) is 0. The summed E-state index contributed by atoms with van der Waals surface area (Å²) in [5.74, 6) is -1.29. The predicted octanol–water partition coefficient (Wildman–Crippen LogP) is 0.956. The minimum Gasteiger partial charge on any atom is -0.478 e. The lowest BCUT2D eigenvalue weighted by Gasteiger charge is -2.01. The molecular formula is C9H11NO4. The molecule has 76 valence electrons. The van der Waals surface area contributed by atoms with Gasteiger partial charge in [0.05, 0.1) is 6.08 Å². The zero-order chi connectivity index (χ0) is 10.7. The number of ether oxygens (including phenoxy) is 1. The first kappa shape index (κ1) is 10.4. The van der Waals surface area contributed by atoms with Gasteiger partial charge in [0.1, 0.15) is 0 Å². The van der Waals surface area contributed by atoms with E-state index in [4.69, 9.17) is 9.84 Å². The molecule has 1 aliphatic rings. The van der Waals surface area contributed by atoms with Crippen LogP contribution in [0, 0.1) is 5.92 Å². The van der Waals surface area contributed by atoms with Gasteiger partial charge < -0.3 is 9.84 Å².